The molecule has 0 fully saturated rings. The fraction of sp³-hybridized carbons (Fsp3) is 0.208. The molecule has 4 aromatic rings. The minimum absolute atomic E-state index is 0.140. The van der Waals surface area contributed by atoms with Crippen LogP contribution >= 0.6 is 0 Å². The lowest BCUT2D eigenvalue weighted by Crippen LogP contribution is -2.25. The summed E-state index contributed by atoms with van der Waals surface area (Å²) >= 11 is 0. The smallest absolute Gasteiger partial charge is 0.269 e. The molecule has 4 rings (SSSR count). The van der Waals surface area contributed by atoms with E-state index in [9.17, 15) is 4.79 Å². The van der Waals surface area contributed by atoms with E-state index in [4.69, 9.17) is 4.98 Å². The van der Waals surface area contributed by atoms with Crippen LogP contribution in [0, 0.1) is 6.92 Å². The van der Waals surface area contributed by atoms with Gasteiger partial charge in [-0.3, -0.25) is 9.78 Å². The van der Waals surface area contributed by atoms with Crippen molar-refractivity contribution in [1.82, 2.24) is 19.9 Å². The minimum Gasteiger partial charge on any atom is -0.351 e. The van der Waals surface area contributed by atoms with Crippen LogP contribution in [-0.4, -0.2) is 27.0 Å². The fourth-order valence-corrected chi connectivity index (χ4v) is 3.40. The van der Waals surface area contributed by atoms with E-state index in [0.717, 1.165) is 36.2 Å². The molecule has 1 N–H and O–H groups in total. The Morgan fingerprint density at radius 1 is 1.00 bits per heavy atom. The molecular weight excluding hydrogens is 360 g/mol. The number of benzene rings is 2. The van der Waals surface area contributed by atoms with Crippen LogP contribution in [0.4, 0.5) is 0 Å². The third-order valence-electron chi connectivity index (χ3n) is 4.96. The maximum Gasteiger partial charge on any atom is 0.269 e. The molecule has 146 valence electrons. The zero-order valence-corrected chi connectivity index (χ0v) is 16.5. The highest BCUT2D eigenvalue weighted by atomic mass is 16.1. The van der Waals surface area contributed by atoms with Crippen molar-refractivity contribution in [3.8, 4) is 0 Å². The molecule has 0 aliphatic heterocycles. The number of para-hydroxylation sites is 2. The number of aryl methyl sites for hydroxylation is 2. The van der Waals surface area contributed by atoms with Gasteiger partial charge in [-0.2, -0.15) is 0 Å². The summed E-state index contributed by atoms with van der Waals surface area (Å²) in [4.78, 5) is 21.1. The van der Waals surface area contributed by atoms with E-state index in [0.29, 0.717) is 12.2 Å². The highest BCUT2D eigenvalue weighted by Gasteiger charge is 2.11. The Bertz CT molecular complexity index is 1100. The molecule has 29 heavy (non-hydrogen) atoms. The Morgan fingerprint density at radius 2 is 1.79 bits per heavy atom. The van der Waals surface area contributed by atoms with Crippen molar-refractivity contribution in [3.63, 3.8) is 0 Å². The zero-order valence-electron chi connectivity index (χ0n) is 16.5. The standard InChI is InChI=1S/C24H24N4O/c1-18-11-13-19(14-12-18)17-28-22-9-3-2-7-20(22)27-23(28)10-6-16-26-24(29)21-8-4-5-15-25-21/h2-5,7-9,11-15H,6,10,16-17H2,1H3,(H,26,29). The molecule has 5 nitrogen and oxygen atoms in total. The van der Waals surface area contributed by atoms with E-state index in [1.54, 1.807) is 18.3 Å². The second-order valence-electron chi connectivity index (χ2n) is 7.16. The first kappa shape index (κ1) is 18.9. The number of hydrogen-bond donors (Lipinski definition) is 1. The molecule has 0 saturated carbocycles. The molecular formula is C24H24N4O. The second-order valence-corrected chi connectivity index (χ2v) is 7.16. The predicted octanol–water partition coefficient (Wildman–Crippen LogP) is 4.15. The fourth-order valence-electron chi connectivity index (χ4n) is 3.40. The van der Waals surface area contributed by atoms with Crippen molar-refractivity contribution >= 4 is 16.9 Å². The average Bonchev–Trinajstić information content (AvgIpc) is 3.10. The highest BCUT2D eigenvalue weighted by molar-refractivity contribution is 5.92. The van der Waals surface area contributed by atoms with Gasteiger partial charge in [0.05, 0.1) is 11.0 Å². The van der Waals surface area contributed by atoms with E-state index in [1.807, 2.05) is 24.3 Å². The van der Waals surface area contributed by atoms with Crippen LogP contribution in [0.15, 0.2) is 72.9 Å². The summed E-state index contributed by atoms with van der Waals surface area (Å²) in [5.74, 6) is 0.901. The first-order valence-electron chi connectivity index (χ1n) is 9.89. The molecule has 0 aliphatic carbocycles. The summed E-state index contributed by atoms with van der Waals surface area (Å²) in [5, 5.41) is 2.94. The number of amides is 1. The van der Waals surface area contributed by atoms with Gasteiger partial charge in [0, 0.05) is 25.7 Å². The largest absolute Gasteiger partial charge is 0.351 e. The normalized spacial score (nSPS) is 10.9. The van der Waals surface area contributed by atoms with Crippen LogP contribution in [0.5, 0.6) is 0 Å². The molecule has 0 spiro atoms. The van der Waals surface area contributed by atoms with Crippen molar-refractivity contribution < 1.29 is 4.79 Å². The van der Waals surface area contributed by atoms with Crippen LogP contribution in [0.2, 0.25) is 0 Å². The first-order chi connectivity index (χ1) is 14.2. The molecule has 5 heteroatoms. The third-order valence-corrected chi connectivity index (χ3v) is 4.96. The summed E-state index contributed by atoms with van der Waals surface area (Å²) in [6.07, 6.45) is 3.24. The summed E-state index contributed by atoms with van der Waals surface area (Å²) in [5.41, 5.74) is 5.10. The highest BCUT2D eigenvalue weighted by Crippen LogP contribution is 2.19. The van der Waals surface area contributed by atoms with Gasteiger partial charge in [0.1, 0.15) is 11.5 Å². The van der Waals surface area contributed by atoms with Gasteiger partial charge >= 0.3 is 0 Å². The molecule has 0 unspecified atom stereocenters. The number of pyridine rings is 1. The number of carbonyl (C=O) groups excluding carboxylic acids is 1. The SMILES string of the molecule is Cc1ccc(Cn2c(CCCNC(=O)c3ccccn3)nc3ccccc32)cc1. The van der Waals surface area contributed by atoms with Gasteiger partial charge in [0.2, 0.25) is 0 Å². The van der Waals surface area contributed by atoms with Gasteiger partial charge in [-0.05, 0) is 43.2 Å². The number of fused-ring (bicyclic) bond motifs is 1. The van der Waals surface area contributed by atoms with Crippen LogP contribution in [0.1, 0.15) is 33.9 Å². The molecule has 2 aromatic carbocycles. The first-order valence-corrected chi connectivity index (χ1v) is 9.89. The van der Waals surface area contributed by atoms with Crippen molar-refractivity contribution in [2.75, 3.05) is 6.54 Å². The molecule has 2 aromatic heterocycles. The number of rotatable bonds is 7. The summed E-state index contributed by atoms with van der Waals surface area (Å²) in [6, 6.07) is 22.2. The molecule has 0 bridgehead atoms. The molecule has 0 aliphatic rings. The van der Waals surface area contributed by atoms with Crippen molar-refractivity contribution in [3.05, 3.63) is 95.6 Å². The second kappa shape index (κ2) is 8.69. The van der Waals surface area contributed by atoms with E-state index < -0.39 is 0 Å². The summed E-state index contributed by atoms with van der Waals surface area (Å²) < 4.78 is 2.28. The van der Waals surface area contributed by atoms with Crippen LogP contribution in [-0.2, 0) is 13.0 Å². The lowest BCUT2D eigenvalue weighted by atomic mass is 10.1. The monoisotopic (exact) mass is 384 g/mol. The average molecular weight is 384 g/mol. The molecule has 2 heterocycles. The number of hydrogen-bond acceptors (Lipinski definition) is 3. The van der Waals surface area contributed by atoms with Crippen LogP contribution < -0.4 is 5.32 Å². The van der Waals surface area contributed by atoms with Crippen molar-refractivity contribution in [2.24, 2.45) is 0 Å². The Labute approximate surface area is 170 Å². The Hall–Kier alpha value is -3.47. The van der Waals surface area contributed by atoms with Crippen LogP contribution in [0.3, 0.4) is 0 Å². The van der Waals surface area contributed by atoms with E-state index in [2.05, 4.69) is 52.1 Å². The van der Waals surface area contributed by atoms with Gasteiger partial charge in [-0.15, -0.1) is 0 Å². The Kier molecular flexibility index (Phi) is 5.66. The number of nitrogens with zero attached hydrogens (tertiary/aromatic N) is 3. The summed E-state index contributed by atoms with van der Waals surface area (Å²) in [6.45, 7) is 3.47. The number of aromatic nitrogens is 3. The molecule has 0 atom stereocenters. The van der Waals surface area contributed by atoms with E-state index >= 15 is 0 Å². The van der Waals surface area contributed by atoms with Crippen LogP contribution in [0.25, 0.3) is 11.0 Å². The molecule has 0 saturated heterocycles. The van der Waals surface area contributed by atoms with Crippen molar-refractivity contribution in [1.29, 1.82) is 0 Å². The minimum atomic E-state index is -0.140. The number of carbonyl (C=O) groups is 1. The van der Waals surface area contributed by atoms with E-state index in [1.165, 1.54) is 11.1 Å². The van der Waals surface area contributed by atoms with Gasteiger partial charge in [-0.1, -0.05) is 48.0 Å². The van der Waals surface area contributed by atoms with Gasteiger partial charge < -0.3 is 9.88 Å². The maximum atomic E-state index is 12.1. The Morgan fingerprint density at radius 3 is 2.59 bits per heavy atom. The predicted molar refractivity (Wildman–Crippen MR) is 115 cm³/mol. The van der Waals surface area contributed by atoms with Gasteiger partial charge in [-0.25, -0.2) is 4.98 Å². The maximum absolute atomic E-state index is 12.1. The molecule has 0 radical (unpaired) electrons. The zero-order chi connectivity index (χ0) is 20.1. The lowest BCUT2D eigenvalue weighted by molar-refractivity contribution is 0.0948. The van der Waals surface area contributed by atoms with Gasteiger partial charge in [0.15, 0.2) is 0 Å². The number of nitrogens with one attached hydrogen (secondary N) is 1. The van der Waals surface area contributed by atoms with Gasteiger partial charge in [0.25, 0.3) is 5.91 Å². The third kappa shape index (κ3) is 4.51. The lowest BCUT2D eigenvalue weighted by Gasteiger charge is -2.10. The quantitative estimate of drug-likeness (QED) is 0.487. The number of imidazole rings is 1. The topological polar surface area (TPSA) is 59.8 Å². The molecule has 1 amide bonds. The Balaban J connectivity index is 1.45. The van der Waals surface area contributed by atoms with Crippen molar-refractivity contribution in [2.45, 2.75) is 26.3 Å². The summed E-state index contributed by atoms with van der Waals surface area (Å²) in [7, 11) is 0. The van der Waals surface area contributed by atoms with E-state index in [-0.39, 0.29) is 5.91 Å².